The van der Waals surface area contributed by atoms with Crippen molar-refractivity contribution in [1.82, 2.24) is 20.0 Å². The fourth-order valence-corrected chi connectivity index (χ4v) is 2.30. The number of amides is 1. The summed E-state index contributed by atoms with van der Waals surface area (Å²) in [6.07, 6.45) is 1.72. The number of carbonyl (C=O) groups is 1. The van der Waals surface area contributed by atoms with Crippen molar-refractivity contribution in [2.45, 2.75) is 40.3 Å². The van der Waals surface area contributed by atoms with Gasteiger partial charge in [0.15, 0.2) is 0 Å². The van der Waals surface area contributed by atoms with Gasteiger partial charge in [0.1, 0.15) is 0 Å². The number of aryl methyl sites for hydroxylation is 2. The Morgan fingerprint density at radius 1 is 1.55 bits per heavy atom. The van der Waals surface area contributed by atoms with Gasteiger partial charge in [-0.05, 0) is 27.3 Å². The van der Waals surface area contributed by atoms with Crippen molar-refractivity contribution < 1.29 is 9.53 Å². The zero-order chi connectivity index (χ0) is 15.1. The molecular formula is C14H26N4O2. The van der Waals surface area contributed by atoms with E-state index in [1.165, 1.54) is 12.7 Å². The van der Waals surface area contributed by atoms with Crippen LogP contribution in [0, 0.1) is 6.92 Å². The van der Waals surface area contributed by atoms with Crippen molar-refractivity contribution in [3.8, 4) is 0 Å². The maximum atomic E-state index is 11.1. The number of carbonyl (C=O) groups excluding carboxylic acids is 1. The molecule has 1 aromatic rings. The molecule has 6 nitrogen and oxygen atoms in total. The van der Waals surface area contributed by atoms with E-state index >= 15 is 0 Å². The van der Waals surface area contributed by atoms with Gasteiger partial charge in [-0.2, -0.15) is 5.10 Å². The summed E-state index contributed by atoms with van der Waals surface area (Å²) in [7, 11) is 1.37. The lowest BCUT2D eigenvalue weighted by Gasteiger charge is -2.27. The Hall–Kier alpha value is -1.56. The molecule has 0 aliphatic rings. The van der Waals surface area contributed by atoms with Crippen molar-refractivity contribution in [3.05, 3.63) is 17.5 Å². The van der Waals surface area contributed by atoms with Gasteiger partial charge in [-0.1, -0.05) is 6.92 Å². The monoisotopic (exact) mass is 282 g/mol. The molecule has 0 aliphatic heterocycles. The first-order valence-corrected chi connectivity index (χ1v) is 7.13. The van der Waals surface area contributed by atoms with Crippen LogP contribution in [0.3, 0.4) is 0 Å². The molecule has 0 saturated heterocycles. The molecule has 1 rings (SSSR count). The van der Waals surface area contributed by atoms with E-state index < -0.39 is 0 Å². The Morgan fingerprint density at radius 3 is 2.75 bits per heavy atom. The number of alkyl carbamates (subject to hydrolysis) is 1. The van der Waals surface area contributed by atoms with E-state index in [9.17, 15) is 4.79 Å². The number of nitrogens with one attached hydrogen (secondary N) is 1. The Kier molecular flexibility index (Phi) is 6.51. The lowest BCUT2D eigenvalue weighted by molar-refractivity contribution is 0.165. The molecule has 0 aliphatic carbocycles. The molecule has 6 heteroatoms. The third kappa shape index (κ3) is 4.23. The van der Waals surface area contributed by atoms with Crippen LogP contribution in [0.1, 0.15) is 38.1 Å². The van der Waals surface area contributed by atoms with Crippen molar-refractivity contribution in [2.75, 3.05) is 26.7 Å². The predicted molar refractivity (Wildman–Crippen MR) is 78.7 cm³/mol. The van der Waals surface area contributed by atoms with Gasteiger partial charge in [0.05, 0.1) is 12.8 Å². The molecule has 1 atom stereocenters. The van der Waals surface area contributed by atoms with E-state index in [2.05, 4.69) is 47.0 Å². The van der Waals surface area contributed by atoms with Gasteiger partial charge < -0.3 is 10.1 Å². The average Bonchev–Trinajstić information content (AvgIpc) is 2.83. The summed E-state index contributed by atoms with van der Waals surface area (Å²) in [5, 5.41) is 7.20. The molecule has 114 valence electrons. The topological polar surface area (TPSA) is 59.4 Å². The van der Waals surface area contributed by atoms with E-state index in [0.29, 0.717) is 6.54 Å². The Balaban J connectivity index is 2.63. The van der Waals surface area contributed by atoms with Crippen LogP contribution >= 0.6 is 0 Å². The number of hydrogen-bond donors (Lipinski definition) is 1. The van der Waals surface area contributed by atoms with Crippen LogP contribution < -0.4 is 5.32 Å². The highest BCUT2D eigenvalue weighted by molar-refractivity contribution is 5.66. The maximum absolute atomic E-state index is 11.1. The minimum absolute atomic E-state index is 0.278. The fourth-order valence-electron chi connectivity index (χ4n) is 2.30. The molecule has 1 amide bonds. The molecule has 20 heavy (non-hydrogen) atoms. The van der Waals surface area contributed by atoms with Gasteiger partial charge in [-0.15, -0.1) is 0 Å². The van der Waals surface area contributed by atoms with E-state index in [1.54, 1.807) is 0 Å². The highest BCUT2D eigenvalue weighted by atomic mass is 16.5. The molecule has 1 N–H and O–H groups in total. The summed E-state index contributed by atoms with van der Waals surface area (Å²) in [6, 6.07) is 0.278. The largest absolute Gasteiger partial charge is 0.453 e. The predicted octanol–water partition coefficient (Wildman–Crippen LogP) is 1.95. The Labute approximate surface area is 121 Å². The number of nitrogens with zero attached hydrogens (tertiary/aromatic N) is 3. The Morgan fingerprint density at radius 2 is 2.25 bits per heavy atom. The molecule has 0 fully saturated rings. The van der Waals surface area contributed by atoms with Gasteiger partial charge in [0.25, 0.3) is 0 Å². The van der Waals surface area contributed by atoms with Crippen LogP contribution in [-0.4, -0.2) is 47.5 Å². The first kappa shape index (κ1) is 16.5. The number of hydrogen-bond acceptors (Lipinski definition) is 4. The summed E-state index contributed by atoms with van der Waals surface area (Å²) >= 11 is 0. The number of methoxy groups -OCH3 is 1. The third-order valence-electron chi connectivity index (χ3n) is 3.57. The normalized spacial score (nSPS) is 12.5. The molecule has 0 bridgehead atoms. The molecule has 0 radical (unpaired) electrons. The van der Waals surface area contributed by atoms with E-state index in [4.69, 9.17) is 0 Å². The highest BCUT2D eigenvalue weighted by Gasteiger charge is 2.18. The van der Waals surface area contributed by atoms with Gasteiger partial charge >= 0.3 is 6.09 Å². The third-order valence-corrected chi connectivity index (χ3v) is 3.57. The first-order chi connectivity index (χ1) is 9.53. The van der Waals surface area contributed by atoms with Gasteiger partial charge in [0.2, 0.25) is 0 Å². The van der Waals surface area contributed by atoms with Crippen molar-refractivity contribution >= 4 is 6.09 Å². The smallest absolute Gasteiger partial charge is 0.406 e. The molecule has 0 saturated carbocycles. The highest BCUT2D eigenvalue weighted by Crippen LogP contribution is 2.22. The van der Waals surface area contributed by atoms with Crippen LogP contribution in [0.5, 0.6) is 0 Å². The fraction of sp³-hybridized carbons (Fsp3) is 0.714. The molecular weight excluding hydrogens is 256 g/mol. The summed E-state index contributed by atoms with van der Waals surface area (Å²) < 4.78 is 6.53. The minimum Gasteiger partial charge on any atom is -0.453 e. The number of ether oxygens (including phenoxy) is 1. The van der Waals surface area contributed by atoms with Crippen molar-refractivity contribution in [1.29, 1.82) is 0 Å². The number of likely N-dealkylation sites (N-methyl/N-ethyl adjacent to an activating group) is 1. The van der Waals surface area contributed by atoms with Crippen molar-refractivity contribution in [3.63, 3.8) is 0 Å². The Bertz CT molecular complexity index is 431. The second-order valence-corrected chi connectivity index (χ2v) is 4.75. The second-order valence-electron chi connectivity index (χ2n) is 4.75. The average molecular weight is 282 g/mol. The molecule has 0 spiro atoms. The standard InChI is InChI=1S/C14H26N4O2/c1-6-17(9-8-15-14(19)20-5)12(4)13-10-18(7-2)16-11(13)3/h10,12H,6-9H2,1-5H3,(H,15,19). The summed E-state index contributed by atoms with van der Waals surface area (Å²) in [5.74, 6) is 0. The van der Waals surface area contributed by atoms with E-state index in [1.807, 2.05) is 11.6 Å². The number of aromatic nitrogens is 2. The lowest BCUT2D eigenvalue weighted by atomic mass is 10.1. The summed E-state index contributed by atoms with van der Waals surface area (Å²) in [4.78, 5) is 13.4. The first-order valence-electron chi connectivity index (χ1n) is 7.13. The van der Waals surface area contributed by atoms with Gasteiger partial charge in [0, 0.05) is 37.4 Å². The maximum Gasteiger partial charge on any atom is 0.406 e. The lowest BCUT2D eigenvalue weighted by Crippen LogP contribution is -2.36. The van der Waals surface area contributed by atoms with Crippen molar-refractivity contribution in [2.24, 2.45) is 0 Å². The van der Waals surface area contributed by atoms with Crippen LogP contribution in [0.2, 0.25) is 0 Å². The van der Waals surface area contributed by atoms with Crippen LogP contribution in [0.15, 0.2) is 6.20 Å². The molecule has 0 aromatic carbocycles. The van der Waals surface area contributed by atoms with E-state index in [-0.39, 0.29) is 12.1 Å². The zero-order valence-electron chi connectivity index (χ0n) is 13.1. The van der Waals surface area contributed by atoms with Gasteiger partial charge in [-0.25, -0.2) is 4.79 Å². The summed E-state index contributed by atoms with van der Waals surface area (Å²) in [5.41, 5.74) is 2.31. The second kappa shape index (κ2) is 7.89. The molecule has 1 unspecified atom stereocenters. The SMILES string of the molecule is CCN(CCNC(=O)OC)C(C)c1cn(CC)nc1C. The number of rotatable bonds is 7. The minimum atomic E-state index is -0.385. The van der Waals surface area contributed by atoms with Crippen LogP contribution in [0.25, 0.3) is 0 Å². The summed E-state index contributed by atoms with van der Waals surface area (Å²) in [6.45, 7) is 11.6. The van der Waals surface area contributed by atoms with E-state index in [0.717, 1.165) is 25.3 Å². The quantitative estimate of drug-likeness (QED) is 0.830. The molecule has 1 heterocycles. The zero-order valence-corrected chi connectivity index (χ0v) is 13.1. The molecule has 1 aromatic heterocycles. The van der Waals surface area contributed by atoms with Crippen LogP contribution in [-0.2, 0) is 11.3 Å². The van der Waals surface area contributed by atoms with Crippen LogP contribution in [0.4, 0.5) is 4.79 Å². The van der Waals surface area contributed by atoms with Gasteiger partial charge in [-0.3, -0.25) is 9.58 Å².